The van der Waals surface area contributed by atoms with Gasteiger partial charge in [-0.15, -0.1) is 0 Å². The van der Waals surface area contributed by atoms with Crippen LogP contribution in [-0.4, -0.2) is 39.4 Å². The van der Waals surface area contributed by atoms with Crippen molar-refractivity contribution in [1.82, 2.24) is 15.5 Å². The van der Waals surface area contributed by atoms with Crippen molar-refractivity contribution in [2.75, 3.05) is 11.4 Å². The molecule has 2 amide bonds. The highest BCUT2D eigenvalue weighted by atomic mass is 16.5. The lowest BCUT2D eigenvalue weighted by Gasteiger charge is -2.20. The summed E-state index contributed by atoms with van der Waals surface area (Å²) in [5.41, 5.74) is 1.30. The maximum atomic E-state index is 13.1. The number of aliphatic hydroxyl groups is 1. The number of ketones is 1. The average molecular weight is 438 g/mol. The monoisotopic (exact) mass is 438 g/mol. The predicted octanol–water partition coefficient (Wildman–Crippen LogP) is 2.90. The van der Waals surface area contributed by atoms with E-state index in [9.17, 15) is 19.5 Å². The molecule has 0 spiro atoms. The van der Waals surface area contributed by atoms with Crippen molar-refractivity contribution in [1.29, 1.82) is 0 Å². The molecule has 32 heavy (non-hydrogen) atoms. The Kier molecular flexibility index (Phi) is 5.21. The molecule has 10 nitrogen and oxygen atoms in total. The number of carbonyl (C=O) groups is 3. The number of aryl methyl sites for hydroxylation is 2. The normalized spacial score (nSPS) is 17.9. The minimum absolute atomic E-state index is 0.121. The predicted molar refractivity (Wildman–Crippen MR) is 113 cm³/mol. The van der Waals surface area contributed by atoms with Gasteiger partial charge in [-0.3, -0.25) is 19.3 Å². The van der Waals surface area contributed by atoms with E-state index in [0.717, 1.165) is 4.90 Å². The summed E-state index contributed by atoms with van der Waals surface area (Å²) in [5.74, 6) is -1.69. The van der Waals surface area contributed by atoms with Gasteiger partial charge in [0.25, 0.3) is 11.7 Å². The Bertz CT molecular complexity index is 1250. The summed E-state index contributed by atoms with van der Waals surface area (Å²) in [6.07, 6.45) is 1.41. The molecule has 1 saturated heterocycles. The van der Waals surface area contributed by atoms with Gasteiger partial charge in [-0.1, -0.05) is 5.16 Å². The molecule has 0 bridgehead atoms. The van der Waals surface area contributed by atoms with E-state index in [1.807, 2.05) is 0 Å². The Hall–Kier alpha value is -4.08. The first-order valence-corrected chi connectivity index (χ1v) is 10.0. The number of hydrogen-bond acceptors (Lipinski definition) is 7. The number of H-pyrrole nitrogens is 1. The number of rotatable bonds is 5. The summed E-state index contributed by atoms with van der Waals surface area (Å²) < 4.78 is 10.6. The fraction of sp³-hybridized carbons (Fsp3) is 0.273. The molecule has 0 saturated carbocycles. The largest absolute Gasteiger partial charge is 0.507 e. The molecule has 10 heteroatoms. The molecule has 4 rings (SSSR count). The van der Waals surface area contributed by atoms with Gasteiger partial charge in [0.2, 0.25) is 0 Å². The minimum Gasteiger partial charge on any atom is -0.507 e. The number of hydrogen-bond donors (Lipinski definition) is 3. The Morgan fingerprint density at radius 1 is 1.31 bits per heavy atom. The molecule has 4 heterocycles. The van der Waals surface area contributed by atoms with Gasteiger partial charge in [-0.2, -0.15) is 0 Å². The first-order chi connectivity index (χ1) is 15.3. The van der Waals surface area contributed by atoms with Crippen LogP contribution >= 0.6 is 0 Å². The lowest BCUT2D eigenvalue weighted by atomic mass is 9.97. The van der Waals surface area contributed by atoms with Crippen LogP contribution in [0.3, 0.4) is 0 Å². The second-order valence-corrected chi connectivity index (χ2v) is 7.46. The van der Waals surface area contributed by atoms with Crippen molar-refractivity contribution in [2.24, 2.45) is 0 Å². The molecular formula is C22H22N4O6. The number of nitrogens with zero attached hydrogens (tertiary/aromatic N) is 2. The van der Waals surface area contributed by atoms with E-state index in [4.69, 9.17) is 8.94 Å². The zero-order chi connectivity index (χ0) is 23.2. The fourth-order valence-electron chi connectivity index (χ4n) is 3.97. The average Bonchev–Trinajstić information content (AvgIpc) is 3.51. The van der Waals surface area contributed by atoms with Crippen molar-refractivity contribution >= 4 is 29.2 Å². The molecule has 0 radical (unpaired) electrons. The number of amides is 2. The summed E-state index contributed by atoms with van der Waals surface area (Å²) in [4.78, 5) is 42.5. The molecule has 1 unspecified atom stereocenters. The molecule has 3 aromatic rings. The first kappa shape index (κ1) is 21.2. The topological polar surface area (TPSA) is 142 Å². The highest BCUT2D eigenvalue weighted by Gasteiger charge is 2.49. The lowest BCUT2D eigenvalue weighted by molar-refractivity contribution is -0.132. The van der Waals surface area contributed by atoms with Crippen LogP contribution in [0.15, 0.2) is 39.0 Å². The van der Waals surface area contributed by atoms with Gasteiger partial charge in [0.15, 0.2) is 5.82 Å². The highest BCUT2D eigenvalue weighted by Crippen LogP contribution is 2.43. The molecule has 1 atom stereocenters. The highest BCUT2D eigenvalue weighted by molar-refractivity contribution is 6.51. The van der Waals surface area contributed by atoms with Crippen molar-refractivity contribution in [2.45, 2.75) is 33.7 Å². The van der Waals surface area contributed by atoms with Crippen molar-refractivity contribution in [3.8, 4) is 0 Å². The third-order valence-electron chi connectivity index (χ3n) is 5.36. The quantitative estimate of drug-likeness (QED) is 0.316. The van der Waals surface area contributed by atoms with E-state index >= 15 is 0 Å². The Morgan fingerprint density at radius 3 is 2.66 bits per heavy atom. The number of carbonyl (C=O) groups excluding carboxylic acids is 3. The third kappa shape index (κ3) is 3.20. The second kappa shape index (κ2) is 7.88. The SMILES string of the molecule is CCNC(=O)c1[nH]c(C)c(/C(O)=C2\C(=O)C(=O)N(c3cc(C)on3)C2c2ccco2)c1C. The lowest BCUT2D eigenvalue weighted by Crippen LogP contribution is -2.29. The molecule has 1 aliphatic rings. The van der Waals surface area contributed by atoms with Crippen LogP contribution in [-0.2, 0) is 9.59 Å². The van der Waals surface area contributed by atoms with Crippen molar-refractivity contribution in [3.05, 3.63) is 64.1 Å². The van der Waals surface area contributed by atoms with E-state index in [0.29, 0.717) is 23.6 Å². The molecule has 0 aromatic carbocycles. The van der Waals surface area contributed by atoms with Gasteiger partial charge < -0.3 is 24.3 Å². The van der Waals surface area contributed by atoms with E-state index in [2.05, 4.69) is 15.5 Å². The van der Waals surface area contributed by atoms with E-state index in [1.165, 1.54) is 12.3 Å². The number of aromatic amines is 1. The zero-order valence-electron chi connectivity index (χ0n) is 18.0. The summed E-state index contributed by atoms with van der Waals surface area (Å²) in [6.45, 7) is 7.20. The van der Waals surface area contributed by atoms with Crippen LogP contribution in [0.25, 0.3) is 5.76 Å². The number of aliphatic hydroxyl groups excluding tert-OH is 1. The minimum atomic E-state index is -1.06. The van der Waals surface area contributed by atoms with E-state index in [1.54, 1.807) is 39.8 Å². The number of anilines is 1. The fourth-order valence-corrected chi connectivity index (χ4v) is 3.97. The molecule has 166 valence electrons. The molecule has 3 aromatic heterocycles. The first-order valence-electron chi connectivity index (χ1n) is 10.0. The molecule has 1 aliphatic heterocycles. The van der Waals surface area contributed by atoms with Gasteiger partial charge in [0.1, 0.15) is 29.0 Å². The van der Waals surface area contributed by atoms with E-state index < -0.39 is 23.5 Å². The standard InChI is InChI=1S/C22H22N4O6/c1-5-23-21(29)17-11(3)15(12(4)24-17)19(27)16-18(13-7-6-8-31-13)26(22(30)20(16)28)14-9-10(2)32-25-14/h6-9,18,24,27H,5H2,1-4H3,(H,23,29)/b19-16+. The van der Waals surface area contributed by atoms with Crippen LogP contribution in [0.2, 0.25) is 0 Å². The number of Topliss-reactive ketones (excluding diaryl/α,β-unsaturated/α-hetero) is 1. The maximum Gasteiger partial charge on any atom is 0.301 e. The Labute approximate surface area is 182 Å². The van der Waals surface area contributed by atoms with Crippen LogP contribution in [0, 0.1) is 20.8 Å². The van der Waals surface area contributed by atoms with Gasteiger partial charge >= 0.3 is 5.91 Å². The second-order valence-electron chi connectivity index (χ2n) is 7.46. The smallest absolute Gasteiger partial charge is 0.301 e. The summed E-state index contributed by atoms with van der Waals surface area (Å²) in [7, 11) is 0. The van der Waals surface area contributed by atoms with Gasteiger partial charge in [-0.25, -0.2) is 0 Å². The molecule has 0 aliphatic carbocycles. The summed E-state index contributed by atoms with van der Waals surface area (Å²) in [5, 5.41) is 17.8. The molecule has 3 N–H and O–H groups in total. The maximum absolute atomic E-state index is 13.1. The van der Waals surface area contributed by atoms with Crippen LogP contribution in [0.1, 0.15) is 51.8 Å². The van der Waals surface area contributed by atoms with E-state index in [-0.39, 0.29) is 34.3 Å². The van der Waals surface area contributed by atoms with Crippen LogP contribution in [0.4, 0.5) is 5.82 Å². The molecule has 1 fully saturated rings. The van der Waals surface area contributed by atoms with Crippen LogP contribution < -0.4 is 10.2 Å². The Morgan fingerprint density at radius 2 is 2.06 bits per heavy atom. The number of nitrogens with one attached hydrogen (secondary N) is 2. The summed E-state index contributed by atoms with van der Waals surface area (Å²) in [6, 6.07) is 3.67. The van der Waals surface area contributed by atoms with Gasteiger partial charge in [0, 0.05) is 23.9 Å². The zero-order valence-corrected chi connectivity index (χ0v) is 18.0. The number of furan rings is 1. The Balaban J connectivity index is 1.92. The van der Waals surface area contributed by atoms with Crippen LogP contribution in [0.5, 0.6) is 0 Å². The number of aromatic nitrogens is 2. The summed E-state index contributed by atoms with van der Waals surface area (Å²) >= 11 is 0. The van der Waals surface area contributed by atoms with Crippen molar-refractivity contribution in [3.63, 3.8) is 0 Å². The molecular weight excluding hydrogens is 416 g/mol. The van der Waals surface area contributed by atoms with Gasteiger partial charge in [-0.05, 0) is 45.4 Å². The van der Waals surface area contributed by atoms with Crippen molar-refractivity contribution < 1.29 is 28.4 Å². The third-order valence-corrected chi connectivity index (χ3v) is 5.36. The van der Waals surface area contributed by atoms with Gasteiger partial charge in [0.05, 0.1) is 11.8 Å².